The lowest BCUT2D eigenvalue weighted by Gasteiger charge is -2.11. The van der Waals surface area contributed by atoms with Gasteiger partial charge in [0.2, 0.25) is 0 Å². The van der Waals surface area contributed by atoms with Crippen LogP contribution in [0.4, 0.5) is 4.39 Å². The van der Waals surface area contributed by atoms with Gasteiger partial charge in [0.05, 0.1) is 11.0 Å². The summed E-state index contributed by atoms with van der Waals surface area (Å²) in [6.07, 6.45) is 1.68. The third-order valence-corrected chi connectivity index (χ3v) is 3.98. The molecule has 1 aromatic heterocycles. The van der Waals surface area contributed by atoms with Gasteiger partial charge >= 0.3 is 0 Å². The minimum Gasteiger partial charge on any atom is -0.330 e. The molecule has 0 aliphatic heterocycles. The van der Waals surface area contributed by atoms with Gasteiger partial charge in [-0.05, 0) is 43.1 Å². The van der Waals surface area contributed by atoms with Gasteiger partial charge in [-0.1, -0.05) is 24.3 Å². The second-order valence-corrected chi connectivity index (χ2v) is 5.57. The number of benzene rings is 2. The maximum atomic E-state index is 13.5. The van der Waals surface area contributed by atoms with Crippen molar-refractivity contribution in [3.63, 3.8) is 0 Å². The molecule has 0 radical (unpaired) electrons. The summed E-state index contributed by atoms with van der Waals surface area (Å²) in [6.45, 7) is 3.48. The number of halogens is 1. The first-order chi connectivity index (χ1) is 10.7. The molecule has 0 atom stereocenters. The number of rotatable bonds is 5. The number of imidazole rings is 1. The number of aryl methyl sites for hydroxylation is 2. The summed E-state index contributed by atoms with van der Waals surface area (Å²) < 4.78 is 15.6. The second-order valence-electron chi connectivity index (χ2n) is 5.57. The first-order valence-corrected chi connectivity index (χ1v) is 7.58. The largest absolute Gasteiger partial charge is 0.330 e. The Morgan fingerprint density at radius 2 is 2.00 bits per heavy atom. The summed E-state index contributed by atoms with van der Waals surface area (Å²) in [4.78, 5) is 4.60. The van der Waals surface area contributed by atoms with Crippen molar-refractivity contribution in [3.05, 3.63) is 65.2 Å². The monoisotopic (exact) mass is 297 g/mol. The molecular weight excluding hydrogens is 277 g/mol. The highest BCUT2D eigenvalue weighted by Crippen LogP contribution is 2.21. The van der Waals surface area contributed by atoms with Gasteiger partial charge in [0.25, 0.3) is 0 Å². The van der Waals surface area contributed by atoms with Crippen molar-refractivity contribution in [2.45, 2.75) is 26.3 Å². The SMILES string of the molecule is Cc1ccccc1Cn1c(CCCN)nc2cc(F)ccc21. The Bertz CT molecular complexity index is 792. The highest BCUT2D eigenvalue weighted by Gasteiger charge is 2.12. The summed E-state index contributed by atoms with van der Waals surface area (Å²) in [5, 5.41) is 0. The molecule has 3 rings (SSSR count). The number of nitrogens with zero attached hydrogens (tertiary/aromatic N) is 2. The summed E-state index contributed by atoms with van der Waals surface area (Å²) in [6, 6.07) is 13.1. The third-order valence-electron chi connectivity index (χ3n) is 3.98. The molecule has 114 valence electrons. The average Bonchev–Trinajstić information content (AvgIpc) is 2.84. The van der Waals surface area contributed by atoms with Crippen LogP contribution in [0.2, 0.25) is 0 Å². The molecule has 0 aliphatic rings. The molecule has 1 heterocycles. The predicted octanol–water partition coefficient (Wildman–Crippen LogP) is 3.42. The molecule has 3 aromatic rings. The molecule has 22 heavy (non-hydrogen) atoms. The number of hydrogen-bond donors (Lipinski definition) is 1. The van der Waals surface area contributed by atoms with Crippen LogP contribution >= 0.6 is 0 Å². The van der Waals surface area contributed by atoms with E-state index in [2.05, 4.69) is 28.6 Å². The van der Waals surface area contributed by atoms with E-state index in [0.29, 0.717) is 12.1 Å². The molecule has 4 heteroatoms. The fourth-order valence-corrected chi connectivity index (χ4v) is 2.74. The van der Waals surface area contributed by atoms with Crippen molar-refractivity contribution in [2.75, 3.05) is 6.54 Å². The number of fused-ring (bicyclic) bond motifs is 1. The molecule has 0 unspecified atom stereocenters. The average molecular weight is 297 g/mol. The molecule has 0 saturated heterocycles. The highest BCUT2D eigenvalue weighted by atomic mass is 19.1. The van der Waals surface area contributed by atoms with E-state index in [1.807, 2.05) is 18.2 Å². The third kappa shape index (κ3) is 2.88. The van der Waals surface area contributed by atoms with Gasteiger partial charge in [0.1, 0.15) is 11.6 Å². The predicted molar refractivity (Wildman–Crippen MR) is 87.3 cm³/mol. The van der Waals surface area contributed by atoms with Crippen LogP contribution in [0.3, 0.4) is 0 Å². The quantitative estimate of drug-likeness (QED) is 0.784. The molecule has 3 nitrogen and oxygen atoms in total. The smallest absolute Gasteiger partial charge is 0.125 e. The Kier molecular flexibility index (Phi) is 4.20. The Hall–Kier alpha value is -2.20. The van der Waals surface area contributed by atoms with Crippen LogP contribution in [-0.2, 0) is 13.0 Å². The minimum atomic E-state index is -0.251. The van der Waals surface area contributed by atoms with E-state index in [-0.39, 0.29) is 5.82 Å². The van der Waals surface area contributed by atoms with Gasteiger partial charge in [-0.3, -0.25) is 0 Å². The van der Waals surface area contributed by atoms with Crippen molar-refractivity contribution in [2.24, 2.45) is 5.73 Å². The van der Waals surface area contributed by atoms with E-state index in [9.17, 15) is 4.39 Å². The van der Waals surface area contributed by atoms with Crippen LogP contribution in [-0.4, -0.2) is 16.1 Å². The Balaban J connectivity index is 2.07. The van der Waals surface area contributed by atoms with Gasteiger partial charge in [-0.15, -0.1) is 0 Å². The fraction of sp³-hybridized carbons (Fsp3) is 0.278. The van der Waals surface area contributed by atoms with Gasteiger partial charge in [-0.2, -0.15) is 0 Å². The lowest BCUT2D eigenvalue weighted by molar-refractivity contribution is 0.629. The van der Waals surface area contributed by atoms with Crippen molar-refractivity contribution in [3.8, 4) is 0 Å². The zero-order chi connectivity index (χ0) is 15.5. The van der Waals surface area contributed by atoms with Crippen LogP contribution in [0.15, 0.2) is 42.5 Å². The summed E-state index contributed by atoms with van der Waals surface area (Å²) in [7, 11) is 0. The minimum absolute atomic E-state index is 0.251. The van der Waals surface area contributed by atoms with E-state index in [4.69, 9.17) is 5.73 Å². The Labute approximate surface area is 129 Å². The van der Waals surface area contributed by atoms with E-state index >= 15 is 0 Å². The van der Waals surface area contributed by atoms with Crippen molar-refractivity contribution in [1.82, 2.24) is 9.55 Å². The van der Waals surface area contributed by atoms with Gasteiger partial charge in [0, 0.05) is 19.0 Å². The Morgan fingerprint density at radius 1 is 1.18 bits per heavy atom. The topological polar surface area (TPSA) is 43.8 Å². The molecule has 0 saturated carbocycles. The maximum absolute atomic E-state index is 13.5. The maximum Gasteiger partial charge on any atom is 0.125 e. The van der Waals surface area contributed by atoms with Crippen molar-refractivity contribution in [1.29, 1.82) is 0 Å². The highest BCUT2D eigenvalue weighted by molar-refractivity contribution is 5.76. The zero-order valence-corrected chi connectivity index (χ0v) is 12.7. The lowest BCUT2D eigenvalue weighted by atomic mass is 10.1. The molecule has 2 N–H and O–H groups in total. The zero-order valence-electron chi connectivity index (χ0n) is 12.7. The second kappa shape index (κ2) is 6.28. The van der Waals surface area contributed by atoms with Crippen molar-refractivity contribution < 1.29 is 4.39 Å². The van der Waals surface area contributed by atoms with Crippen LogP contribution in [0.1, 0.15) is 23.4 Å². The summed E-state index contributed by atoms with van der Waals surface area (Å²) >= 11 is 0. The number of nitrogens with two attached hydrogens (primary N) is 1. The lowest BCUT2D eigenvalue weighted by Crippen LogP contribution is -2.09. The molecule has 0 amide bonds. The normalized spacial score (nSPS) is 11.2. The van der Waals surface area contributed by atoms with E-state index in [1.54, 1.807) is 0 Å². The summed E-state index contributed by atoms with van der Waals surface area (Å²) in [5.74, 6) is 0.715. The first kappa shape index (κ1) is 14.7. The Morgan fingerprint density at radius 3 is 2.77 bits per heavy atom. The molecular formula is C18H20FN3. The molecule has 0 bridgehead atoms. The molecule has 0 aliphatic carbocycles. The molecule has 2 aromatic carbocycles. The fourth-order valence-electron chi connectivity index (χ4n) is 2.74. The van der Waals surface area contributed by atoms with Gasteiger partial charge in [-0.25, -0.2) is 9.37 Å². The number of hydrogen-bond acceptors (Lipinski definition) is 2. The summed E-state index contributed by atoms with van der Waals surface area (Å²) in [5.41, 5.74) is 9.80. The van der Waals surface area contributed by atoms with Gasteiger partial charge in [0.15, 0.2) is 0 Å². The molecule has 0 spiro atoms. The molecule has 0 fully saturated rings. The van der Waals surface area contributed by atoms with Gasteiger partial charge < -0.3 is 10.3 Å². The number of aromatic nitrogens is 2. The van der Waals surface area contributed by atoms with Crippen LogP contribution in [0.5, 0.6) is 0 Å². The van der Waals surface area contributed by atoms with E-state index in [0.717, 1.165) is 30.7 Å². The first-order valence-electron chi connectivity index (χ1n) is 7.58. The van der Waals surface area contributed by atoms with E-state index in [1.165, 1.54) is 23.3 Å². The van der Waals surface area contributed by atoms with Crippen molar-refractivity contribution >= 4 is 11.0 Å². The van der Waals surface area contributed by atoms with Crippen LogP contribution in [0, 0.1) is 12.7 Å². The van der Waals surface area contributed by atoms with Crippen LogP contribution < -0.4 is 5.73 Å². The van der Waals surface area contributed by atoms with Crippen LogP contribution in [0.25, 0.3) is 11.0 Å². The standard InChI is InChI=1S/C18H20FN3/c1-13-5-2-3-6-14(13)12-22-17-9-8-15(19)11-16(17)21-18(22)7-4-10-20/h2-3,5-6,8-9,11H,4,7,10,12,20H2,1H3. The van der Waals surface area contributed by atoms with E-state index < -0.39 is 0 Å².